The average Bonchev–Trinajstić information content (AvgIpc) is 2.64. The number of hydrogen-bond donors (Lipinski definition) is 0. The van der Waals surface area contributed by atoms with Crippen molar-refractivity contribution in [3.8, 4) is 5.88 Å². The first kappa shape index (κ1) is 17.2. The second-order valence-corrected chi connectivity index (χ2v) is 6.62. The van der Waals surface area contributed by atoms with Crippen molar-refractivity contribution in [2.24, 2.45) is 0 Å². The van der Waals surface area contributed by atoms with Gasteiger partial charge in [0, 0.05) is 23.6 Å². The number of carbonyl (C=O) groups is 1. The molecule has 0 aliphatic carbocycles. The molecule has 7 nitrogen and oxygen atoms in total. The van der Waals surface area contributed by atoms with E-state index in [-0.39, 0.29) is 28.3 Å². The molecule has 27 heavy (non-hydrogen) atoms. The summed E-state index contributed by atoms with van der Waals surface area (Å²) in [7, 11) is 0. The number of non-ortho nitro benzene ring substituents is 1. The fourth-order valence-electron chi connectivity index (χ4n) is 2.92. The summed E-state index contributed by atoms with van der Waals surface area (Å²) < 4.78 is 5.82. The predicted molar refractivity (Wildman–Crippen MR) is 100 cm³/mol. The van der Waals surface area contributed by atoms with Crippen LogP contribution in [0.2, 0.25) is 5.02 Å². The zero-order chi connectivity index (χ0) is 19.0. The van der Waals surface area contributed by atoms with Gasteiger partial charge in [-0.3, -0.25) is 14.9 Å². The van der Waals surface area contributed by atoms with E-state index in [1.165, 1.54) is 23.1 Å². The molecule has 3 aromatic rings. The Hall–Kier alpha value is -3.19. The Morgan fingerprint density at radius 2 is 1.96 bits per heavy atom. The SMILES string of the molecule is O=C(c1cc([N+](=O)[O-])ccc1Cl)N1CC(Oc2ccc3ccccc3n2)C1. The first-order valence-corrected chi connectivity index (χ1v) is 8.65. The molecule has 136 valence electrons. The van der Waals surface area contributed by atoms with E-state index < -0.39 is 4.92 Å². The minimum atomic E-state index is -0.555. The first-order valence-electron chi connectivity index (χ1n) is 8.27. The molecular formula is C19H14ClN3O4. The number of nitrogens with zero attached hydrogens (tertiary/aromatic N) is 3. The normalized spacial score (nSPS) is 14.0. The van der Waals surface area contributed by atoms with Crippen molar-refractivity contribution in [2.45, 2.75) is 6.10 Å². The van der Waals surface area contributed by atoms with Crippen LogP contribution in [0, 0.1) is 10.1 Å². The molecule has 0 N–H and O–H groups in total. The lowest BCUT2D eigenvalue weighted by molar-refractivity contribution is -0.384. The summed E-state index contributed by atoms with van der Waals surface area (Å²) in [4.78, 5) is 28.9. The van der Waals surface area contributed by atoms with E-state index in [2.05, 4.69) is 4.98 Å². The molecule has 1 amide bonds. The molecule has 0 radical (unpaired) electrons. The predicted octanol–water partition coefficient (Wildman–Crippen LogP) is 3.70. The third-order valence-corrected chi connectivity index (χ3v) is 4.72. The number of rotatable bonds is 4. The van der Waals surface area contributed by atoms with Crippen molar-refractivity contribution < 1.29 is 14.5 Å². The summed E-state index contributed by atoms with van der Waals surface area (Å²) in [6.07, 6.45) is -0.180. The Labute approximate surface area is 159 Å². The molecule has 0 atom stereocenters. The number of pyridine rings is 1. The summed E-state index contributed by atoms with van der Waals surface area (Å²) in [5, 5.41) is 12.1. The van der Waals surface area contributed by atoms with Crippen LogP contribution in [0.5, 0.6) is 5.88 Å². The van der Waals surface area contributed by atoms with E-state index in [0.717, 1.165) is 10.9 Å². The van der Waals surface area contributed by atoms with E-state index >= 15 is 0 Å². The molecule has 0 unspecified atom stereocenters. The minimum Gasteiger partial charge on any atom is -0.471 e. The second-order valence-electron chi connectivity index (χ2n) is 6.21. The maximum atomic E-state index is 12.5. The van der Waals surface area contributed by atoms with Crippen LogP contribution in [0.15, 0.2) is 54.6 Å². The maximum Gasteiger partial charge on any atom is 0.270 e. The molecule has 8 heteroatoms. The van der Waals surface area contributed by atoms with Gasteiger partial charge in [0.05, 0.1) is 34.1 Å². The van der Waals surface area contributed by atoms with Crippen LogP contribution >= 0.6 is 11.6 Å². The van der Waals surface area contributed by atoms with Gasteiger partial charge in [0.1, 0.15) is 6.10 Å². The van der Waals surface area contributed by atoms with Gasteiger partial charge in [0.15, 0.2) is 0 Å². The number of hydrogen-bond acceptors (Lipinski definition) is 5. The van der Waals surface area contributed by atoms with Gasteiger partial charge in [0.25, 0.3) is 11.6 Å². The van der Waals surface area contributed by atoms with Crippen molar-refractivity contribution in [3.63, 3.8) is 0 Å². The summed E-state index contributed by atoms with van der Waals surface area (Å²) in [5.74, 6) is 0.147. The van der Waals surface area contributed by atoms with Crippen LogP contribution in [0.25, 0.3) is 10.9 Å². The molecule has 0 saturated carbocycles. The molecule has 1 aliphatic heterocycles. The van der Waals surface area contributed by atoms with Gasteiger partial charge in [-0.25, -0.2) is 4.98 Å². The summed E-state index contributed by atoms with van der Waals surface area (Å²) in [5.41, 5.74) is 0.787. The van der Waals surface area contributed by atoms with Crippen molar-refractivity contribution in [2.75, 3.05) is 13.1 Å². The highest BCUT2D eigenvalue weighted by Gasteiger charge is 2.34. The van der Waals surface area contributed by atoms with Crippen LogP contribution in [-0.2, 0) is 0 Å². The van der Waals surface area contributed by atoms with E-state index in [1.54, 1.807) is 6.07 Å². The van der Waals surface area contributed by atoms with Crippen LogP contribution in [0.4, 0.5) is 5.69 Å². The third-order valence-electron chi connectivity index (χ3n) is 4.39. The number of aromatic nitrogens is 1. The summed E-state index contributed by atoms with van der Waals surface area (Å²) >= 11 is 6.03. The summed E-state index contributed by atoms with van der Waals surface area (Å²) in [6, 6.07) is 15.3. The zero-order valence-electron chi connectivity index (χ0n) is 14.0. The molecule has 4 rings (SSSR count). The monoisotopic (exact) mass is 383 g/mol. The van der Waals surface area contributed by atoms with Crippen molar-refractivity contribution in [1.82, 2.24) is 9.88 Å². The number of nitro groups is 1. The van der Waals surface area contributed by atoms with Crippen LogP contribution in [-0.4, -0.2) is 39.9 Å². The fourth-order valence-corrected chi connectivity index (χ4v) is 3.12. The van der Waals surface area contributed by atoms with Crippen molar-refractivity contribution in [1.29, 1.82) is 0 Å². The Kier molecular flexibility index (Phi) is 4.37. The first-order chi connectivity index (χ1) is 13.0. The van der Waals surface area contributed by atoms with Gasteiger partial charge in [-0.1, -0.05) is 29.8 Å². The highest BCUT2D eigenvalue weighted by Crippen LogP contribution is 2.26. The zero-order valence-corrected chi connectivity index (χ0v) is 14.8. The number of ether oxygens (including phenoxy) is 1. The van der Waals surface area contributed by atoms with Gasteiger partial charge in [-0.2, -0.15) is 0 Å². The largest absolute Gasteiger partial charge is 0.471 e. The highest BCUT2D eigenvalue weighted by atomic mass is 35.5. The Morgan fingerprint density at radius 1 is 1.19 bits per heavy atom. The van der Waals surface area contributed by atoms with Crippen LogP contribution in [0.3, 0.4) is 0 Å². The van der Waals surface area contributed by atoms with Crippen LogP contribution < -0.4 is 4.74 Å². The maximum absolute atomic E-state index is 12.5. The quantitative estimate of drug-likeness (QED) is 0.506. The van der Waals surface area contributed by atoms with E-state index in [9.17, 15) is 14.9 Å². The molecule has 0 spiro atoms. The van der Waals surface area contributed by atoms with Crippen molar-refractivity contribution >= 4 is 34.1 Å². The summed E-state index contributed by atoms with van der Waals surface area (Å²) in [6.45, 7) is 0.735. The standard InChI is InChI=1S/C19H14ClN3O4/c20-16-7-6-13(23(25)26)9-15(16)19(24)22-10-14(11-22)27-18-8-5-12-3-1-2-4-17(12)21-18/h1-9,14H,10-11H2. The third kappa shape index (κ3) is 3.41. The molecular weight excluding hydrogens is 370 g/mol. The molecule has 1 saturated heterocycles. The van der Waals surface area contributed by atoms with Gasteiger partial charge in [0.2, 0.25) is 5.88 Å². The number of likely N-dealkylation sites (tertiary alicyclic amines) is 1. The smallest absolute Gasteiger partial charge is 0.270 e. The number of amides is 1. The van der Waals surface area contributed by atoms with E-state index in [0.29, 0.717) is 19.0 Å². The number of halogens is 1. The number of carbonyl (C=O) groups excluding carboxylic acids is 1. The highest BCUT2D eigenvalue weighted by molar-refractivity contribution is 6.34. The van der Waals surface area contributed by atoms with Gasteiger partial charge < -0.3 is 9.64 Å². The minimum absolute atomic E-state index is 0.119. The number of para-hydroxylation sites is 1. The average molecular weight is 384 g/mol. The molecule has 0 bridgehead atoms. The van der Waals surface area contributed by atoms with Gasteiger partial charge >= 0.3 is 0 Å². The fraction of sp³-hybridized carbons (Fsp3) is 0.158. The van der Waals surface area contributed by atoms with Crippen LogP contribution in [0.1, 0.15) is 10.4 Å². The van der Waals surface area contributed by atoms with Crippen molar-refractivity contribution in [3.05, 3.63) is 75.3 Å². The van der Waals surface area contributed by atoms with E-state index in [4.69, 9.17) is 16.3 Å². The number of nitro benzene ring substituents is 1. The number of fused-ring (bicyclic) bond motifs is 1. The molecule has 1 fully saturated rings. The Balaban J connectivity index is 1.42. The Morgan fingerprint density at radius 3 is 2.74 bits per heavy atom. The molecule has 2 aromatic carbocycles. The van der Waals surface area contributed by atoms with Gasteiger partial charge in [-0.15, -0.1) is 0 Å². The Bertz CT molecular complexity index is 1050. The number of benzene rings is 2. The van der Waals surface area contributed by atoms with Gasteiger partial charge in [-0.05, 0) is 18.2 Å². The molecule has 1 aromatic heterocycles. The lowest BCUT2D eigenvalue weighted by Crippen LogP contribution is -2.56. The molecule has 1 aliphatic rings. The lowest BCUT2D eigenvalue weighted by atomic mass is 10.1. The van der Waals surface area contributed by atoms with E-state index in [1.807, 2.05) is 30.3 Å². The lowest BCUT2D eigenvalue weighted by Gasteiger charge is -2.38. The second kappa shape index (κ2) is 6.85. The topological polar surface area (TPSA) is 85.6 Å². The molecule has 2 heterocycles.